The average molecular weight is 581 g/mol. The van der Waals surface area contributed by atoms with Crippen LogP contribution >= 0.6 is 0 Å². The summed E-state index contributed by atoms with van der Waals surface area (Å²) in [5.41, 5.74) is 7.86. The van der Waals surface area contributed by atoms with E-state index < -0.39 is 5.41 Å². The molecule has 8 bridgehead atoms. The van der Waals surface area contributed by atoms with Gasteiger partial charge in [-0.2, -0.15) is 0 Å². The number of aryl methyl sites for hydroxylation is 2. The monoisotopic (exact) mass is 580 g/mol. The predicted molar refractivity (Wildman–Crippen MR) is 163 cm³/mol. The number of Topliss-reactive ketones (excluding diaryl/α,β-unsaturated/α-hetero) is 3. The molecule has 0 spiro atoms. The molecule has 3 aromatic rings. The lowest BCUT2D eigenvalue weighted by Gasteiger charge is -2.19. The van der Waals surface area contributed by atoms with Gasteiger partial charge < -0.3 is 14.7 Å². The van der Waals surface area contributed by atoms with Crippen molar-refractivity contribution in [3.63, 3.8) is 0 Å². The summed E-state index contributed by atoms with van der Waals surface area (Å²) in [6.07, 6.45) is 1.50. The van der Waals surface area contributed by atoms with Crippen LogP contribution in [0.1, 0.15) is 124 Å². The number of aromatic nitrogens is 4. The second-order valence-corrected chi connectivity index (χ2v) is 12.3. The summed E-state index contributed by atoms with van der Waals surface area (Å²) in [5.74, 6) is -0.697. The number of nitrogens with one attached hydrogen (secondary N) is 2. The first-order chi connectivity index (χ1) is 20.4. The molecule has 5 heterocycles. The van der Waals surface area contributed by atoms with Gasteiger partial charge in [0.15, 0.2) is 17.3 Å². The fourth-order valence-electron chi connectivity index (χ4n) is 6.97. The van der Waals surface area contributed by atoms with Crippen molar-refractivity contribution in [1.29, 1.82) is 0 Å². The Hall–Kier alpha value is -4.40. The van der Waals surface area contributed by atoms with Crippen molar-refractivity contribution in [2.75, 3.05) is 7.11 Å². The molecule has 0 aromatic carbocycles. The van der Waals surface area contributed by atoms with Crippen molar-refractivity contribution < 1.29 is 23.9 Å². The maximum atomic E-state index is 13.8. The zero-order valence-corrected chi connectivity index (χ0v) is 25.7. The van der Waals surface area contributed by atoms with Crippen molar-refractivity contribution in [2.24, 2.45) is 0 Å². The molecular formula is C34H36N4O5. The number of hydrogen-bond donors (Lipinski definition) is 2. The molecule has 0 fully saturated rings. The Morgan fingerprint density at radius 2 is 1.77 bits per heavy atom. The highest BCUT2D eigenvalue weighted by atomic mass is 16.5. The van der Waals surface area contributed by atoms with Crippen LogP contribution in [0.4, 0.5) is 0 Å². The summed E-state index contributed by atoms with van der Waals surface area (Å²) >= 11 is 0. The molecular weight excluding hydrogens is 544 g/mol. The normalized spacial score (nSPS) is 21.0. The maximum absolute atomic E-state index is 13.8. The molecule has 0 saturated heterocycles. The first kappa shape index (κ1) is 28.7. The zero-order chi connectivity index (χ0) is 31.0. The minimum Gasteiger partial charge on any atom is -0.469 e. The van der Waals surface area contributed by atoms with Gasteiger partial charge in [0.1, 0.15) is 5.69 Å². The number of aromatic amines is 2. The molecule has 9 heteroatoms. The minimum absolute atomic E-state index is 0.0123. The SMILES string of the molecule is CCC1(C)C(=O)c2cc3[nH]c(cc4nc(c5c6[nH]c(cc1n2)c(C)c6C(=O)C5)[C@@H](CCC(=O)OC)[C@@H]4C)c(C)c3C(C)=O. The first-order valence-corrected chi connectivity index (χ1v) is 14.8. The van der Waals surface area contributed by atoms with Gasteiger partial charge in [0.2, 0.25) is 0 Å². The second kappa shape index (κ2) is 10.1. The van der Waals surface area contributed by atoms with E-state index in [1.165, 1.54) is 14.0 Å². The molecule has 6 rings (SSSR count). The summed E-state index contributed by atoms with van der Waals surface area (Å²) in [5, 5.41) is 0. The van der Waals surface area contributed by atoms with Crippen LogP contribution in [0.2, 0.25) is 0 Å². The average Bonchev–Trinajstić information content (AvgIpc) is 3.71. The van der Waals surface area contributed by atoms with Gasteiger partial charge in [0, 0.05) is 58.1 Å². The largest absolute Gasteiger partial charge is 0.469 e. The zero-order valence-electron chi connectivity index (χ0n) is 25.7. The van der Waals surface area contributed by atoms with Crippen LogP contribution in [0.3, 0.4) is 0 Å². The quantitative estimate of drug-likeness (QED) is 0.268. The van der Waals surface area contributed by atoms with Crippen LogP contribution in [-0.2, 0) is 21.4 Å². The summed E-state index contributed by atoms with van der Waals surface area (Å²) in [4.78, 5) is 69.1. The third-order valence-corrected chi connectivity index (χ3v) is 9.85. The molecule has 1 unspecified atom stereocenters. The lowest BCUT2D eigenvalue weighted by molar-refractivity contribution is -0.140. The molecule has 3 aliphatic rings. The number of esters is 1. The van der Waals surface area contributed by atoms with Crippen LogP contribution in [0.25, 0.3) is 22.1 Å². The molecule has 0 saturated carbocycles. The summed E-state index contributed by atoms with van der Waals surface area (Å²) < 4.78 is 4.94. The Kier molecular flexibility index (Phi) is 6.75. The van der Waals surface area contributed by atoms with Gasteiger partial charge in [-0.1, -0.05) is 13.8 Å². The highest BCUT2D eigenvalue weighted by Crippen LogP contribution is 2.44. The number of H-pyrrole nitrogens is 2. The Morgan fingerprint density at radius 1 is 1.05 bits per heavy atom. The third-order valence-electron chi connectivity index (χ3n) is 9.85. The fraction of sp³-hybridized carbons (Fsp3) is 0.412. The van der Waals surface area contributed by atoms with E-state index in [1.807, 2.05) is 39.8 Å². The van der Waals surface area contributed by atoms with Gasteiger partial charge in [-0.3, -0.25) is 24.2 Å². The standard InChI is InChI=1S/C34H36N4O5/c1-8-34(6)27-14-23-17(4)30-26(40)11-20(32(30)38-23)31-19(9-10-28(41)43-7)15(2)21(37-31)12-22-16(3)29(18(5)39)24(35-22)13-25(36-27)33(34)42/h12-15,19,35,38H,8-11H2,1-7H3/t15-,19-,34?/m0/s1. The number of carbonyl (C=O) groups excluding carboxylic acids is 4. The lowest BCUT2D eigenvalue weighted by Crippen LogP contribution is -2.27. The Morgan fingerprint density at radius 3 is 2.44 bits per heavy atom. The van der Waals surface area contributed by atoms with E-state index in [0.29, 0.717) is 40.7 Å². The van der Waals surface area contributed by atoms with Crippen LogP contribution < -0.4 is 0 Å². The van der Waals surface area contributed by atoms with Crippen molar-refractivity contribution in [3.8, 4) is 0 Å². The van der Waals surface area contributed by atoms with Crippen LogP contribution in [0, 0.1) is 13.8 Å². The second-order valence-electron chi connectivity index (χ2n) is 12.3. The number of fused-ring (bicyclic) bond motifs is 8. The molecule has 222 valence electrons. The maximum Gasteiger partial charge on any atom is 0.305 e. The number of rotatable bonds is 5. The summed E-state index contributed by atoms with van der Waals surface area (Å²) in [6.45, 7) is 11.2. The van der Waals surface area contributed by atoms with Gasteiger partial charge in [0.05, 0.1) is 34.9 Å². The Bertz CT molecular complexity index is 1930. The van der Waals surface area contributed by atoms with Crippen molar-refractivity contribution in [1.82, 2.24) is 19.9 Å². The molecule has 2 aliphatic heterocycles. The van der Waals surface area contributed by atoms with Gasteiger partial charge in [-0.15, -0.1) is 0 Å². The molecule has 43 heavy (non-hydrogen) atoms. The number of ketones is 3. The number of nitrogens with zero attached hydrogens (tertiary/aromatic N) is 2. The van der Waals surface area contributed by atoms with E-state index in [1.54, 1.807) is 6.07 Å². The van der Waals surface area contributed by atoms with E-state index in [0.717, 1.165) is 39.1 Å². The smallest absolute Gasteiger partial charge is 0.305 e. The molecule has 0 radical (unpaired) electrons. The van der Waals surface area contributed by atoms with E-state index in [4.69, 9.17) is 14.7 Å². The number of hydrogen-bond acceptors (Lipinski definition) is 7. The van der Waals surface area contributed by atoms with Crippen LogP contribution in [-0.4, -0.2) is 50.4 Å². The van der Waals surface area contributed by atoms with Gasteiger partial charge in [-0.25, -0.2) is 4.98 Å². The van der Waals surface area contributed by atoms with Gasteiger partial charge in [-0.05, 0) is 69.9 Å². The molecule has 1 aliphatic carbocycles. The van der Waals surface area contributed by atoms with Crippen LogP contribution in [0.5, 0.6) is 0 Å². The van der Waals surface area contributed by atoms with Crippen molar-refractivity contribution in [3.05, 3.63) is 68.8 Å². The summed E-state index contributed by atoms with van der Waals surface area (Å²) in [6, 6.07) is 5.50. The van der Waals surface area contributed by atoms with E-state index in [2.05, 4.69) is 16.9 Å². The Labute approximate surface area is 249 Å². The van der Waals surface area contributed by atoms with E-state index in [-0.39, 0.29) is 53.7 Å². The van der Waals surface area contributed by atoms with Crippen molar-refractivity contribution >= 4 is 45.4 Å². The van der Waals surface area contributed by atoms with Crippen LogP contribution in [0.15, 0.2) is 18.2 Å². The number of methoxy groups -OCH3 is 1. The molecule has 3 atom stereocenters. The minimum atomic E-state index is -0.862. The van der Waals surface area contributed by atoms with Gasteiger partial charge >= 0.3 is 5.97 Å². The molecule has 9 nitrogen and oxygen atoms in total. The van der Waals surface area contributed by atoms with E-state index in [9.17, 15) is 19.2 Å². The number of ether oxygens (including phenoxy) is 1. The summed E-state index contributed by atoms with van der Waals surface area (Å²) in [7, 11) is 1.38. The number of carbonyl (C=O) groups is 4. The van der Waals surface area contributed by atoms with Crippen molar-refractivity contribution in [2.45, 2.75) is 84.5 Å². The predicted octanol–water partition coefficient (Wildman–Crippen LogP) is 6.26. The highest BCUT2D eigenvalue weighted by molar-refractivity contribution is 6.13. The van der Waals surface area contributed by atoms with Gasteiger partial charge in [0.25, 0.3) is 0 Å². The lowest BCUT2D eigenvalue weighted by atomic mass is 9.80. The molecule has 0 amide bonds. The third kappa shape index (κ3) is 4.27. The molecule has 3 aromatic heterocycles. The highest BCUT2D eigenvalue weighted by Gasteiger charge is 2.41. The fourth-order valence-corrected chi connectivity index (χ4v) is 6.97. The topological polar surface area (TPSA) is 135 Å². The first-order valence-electron chi connectivity index (χ1n) is 14.8. The van der Waals surface area contributed by atoms with E-state index >= 15 is 0 Å². The molecule has 2 N–H and O–H groups in total. The Balaban J connectivity index is 1.76.